The van der Waals surface area contributed by atoms with Crippen molar-refractivity contribution in [2.75, 3.05) is 13.1 Å². The summed E-state index contributed by atoms with van der Waals surface area (Å²) in [6.07, 6.45) is 3.54. The van der Waals surface area contributed by atoms with Crippen LogP contribution in [0.1, 0.15) is 47.3 Å². The van der Waals surface area contributed by atoms with Gasteiger partial charge in [0.25, 0.3) is 5.91 Å². The van der Waals surface area contributed by atoms with Crippen LogP contribution in [0.2, 0.25) is 0 Å². The molecule has 2 unspecified atom stereocenters. The van der Waals surface area contributed by atoms with Crippen LogP contribution in [-0.2, 0) is 0 Å². The SMILES string of the molecule is CC1CC(CN)CN1C(=O)c1sccc1C1CC1.Cl. The molecule has 5 heteroatoms. The van der Waals surface area contributed by atoms with Gasteiger partial charge in [-0.25, -0.2) is 0 Å². The van der Waals surface area contributed by atoms with Gasteiger partial charge in [0.05, 0.1) is 4.88 Å². The van der Waals surface area contributed by atoms with Crippen LogP contribution in [0.15, 0.2) is 11.4 Å². The van der Waals surface area contributed by atoms with Gasteiger partial charge < -0.3 is 10.6 Å². The minimum Gasteiger partial charge on any atom is -0.335 e. The first kappa shape index (κ1) is 14.8. The van der Waals surface area contributed by atoms with E-state index in [9.17, 15) is 4.79 Å². The van der Waals surface area contributed by atoms with Crippen LogP contribution >= 0.6 is 23.7 Å². The standard InChI is InChI=1S/C14H20N2OS.ClH/c1-9-6-10(7-15)8-16(9)14(17)13-12(4-5-18-13)11-2-3-11;/h4-5,9-11H,2-3,6-8,15H2,1H3;1H. The number of carbonyl (C=O) groups is 1. The highest BCUT2D eigenvalue weighted by molar-refractivity contribution is 7.12. The molecule has 1 aliphatic carbocycles. The second kappa shape index (κ2) is 5.81. The van der Waals surface area contributed by atoms with Crippen LogP contribution in [0.25, 0.3) is 0 Å². The van der Waals surface area contributed by atoms with Crippen LogP contribution < -0.4 is 5.73 Å². The van der Waals surface area contributed by atoms with E-state index in [-0.39, 0.29) is 18.3 Å². The fraction of sp³-hybridized carbons (Fsp3) is 0.643. The van der Waals surface area contributed by atoms with Gasteiger partial charge in [-0.2, -0.15) is 0 Å². The molecule has 2 aliphatic rings. The zero-order chi connectivity index (χ0) is 12.7. The number of amides is 1. The third kappa shape index (κ3) is 2.81. The molecular weight excluding hydrogens is 280 g/mol. The molecule has 2 fully saturated rings. The molecule has 3 rings (SSSR count). The molecule has 19 heavy (non-hydrogen) atoms. The molecule has 1 amide bonds. The number of nitrogens with two attached hydrogens (primary N) is 1. The van der Waals surface area contributed by atoms with E-state index in [4.69, 9.17) is 5.73 Å². The summed E-state index contributed by atoms with van der Waals surface area (Å²) in [4.78, 5) is 15.6. The summed E-state index contributed by atoms with van der Waals surface area (Å²) in [6.45, 7) is 3.66. The van der Waals surface area contributed by atoms with E-state index in [0.717, 1.165) is 17.8 Å². The molecule has 0 spiro atoms. The Morgan fingerprint density at radius 2 is 2.26 bits per heavy atom. The van der Waals surface area contributed by atoms with E-state index in [0.29, 0.717) is 24.4 Å². The maximum absolute atomic E-state index is 12.6. The van der Waals surface area contributed by atoms with Crippen molar-refractivity contribution in [1.82, 2.24) is 4.90 Å². The second-order valence-corrected chi connectivity index (χ2v) is 6.54. The number of thiophene rings is 1. The normalized spacial score (nSPS) is 26.3. The predicted octanol–water partition coefficient (Wildman–Crippen LogP) is 2.86. The smallest absolute Gasteiger partial charge is 0.264 e. The third-order valence-corrected chi connectivity index (χ3v) is 5.08. The topological polar surface area (TPSA) is 46.3 Å². The Bertz CT molecular complexity index is 458. The van der Waals surface area contributed by atoms with Gasteiger partial charge in [-0.1, -0.05) is 0 Å². The van der Waals surface area contributed by atoms with Crippen molar-refractivity contribution >= 4 is 29.7 Å². The lowest BCUT2D eigenvalue weighted by molar-refractivity contribution is 0.0747. The second-order valence-electron chi connectivity index (χ2n) is 5.62. The van der Waals surface area contributed by atoms with Crippen LogP contribution in [0.4, 0.5) is 0 Å². The number of rotatable bonds is 3. The third-order valence-electron chi connectivity index (χ3n) is 4.16. The summed E-state index contributed by atoms with van der Waals surface area (Å²) in [6, 6.07) is 2.47. The van der Waals surface area contributed by atoms with Gasteiger partial charge >= 0.3 is 0 Å². The van der Waals surface area contributed by atoms with Gasteiger partial charge in [-0.15, -0.1) is 23.7 Å². The quantitative estimate of drug-likeness (QED) is 0.933. The van der Waals surface area contributed by atoms with Gasteiger partial charge in [0.1, 0.15) is 0 Å². The Hall–Kier alpha value is -0.580. The highest BCUT2D eigenvalue weighted by Gasteiger charge is 2.35. The zero-order valence-electron chi connectivity index (χ0n) is 11.2. The molecule has 0 aromatic carbocycles. The number of halogens is 1. The molecular formula is C14H21ClN2OS. The number of carbonyl (C=O) groups excluding carboxylic acids is 1. The number of hydrogen-bond acceptors (Lipinski definition) is 3. The van der Waals surface area contributed by atoms with Crippen molar-refractivity contribution in [2.24, 2.45) is 11.7 Å². The van der Waals surface area contributed by atoms with Crippen LogP contribution in [0, 0.1) is 5.92 Å². The zero-order valence-corrected chi connectivity index (χ0v) is 12.8. The largest absolute Gasteiger partial charge is 0.335 e. The minimum atomic E-state index is 0. The number of hydrogen-bond donors (Lipinski definition) is 1. The predicted molar refractivity (Wildman–Crippen MR) is 81.2 cm³/mol. The van der Waals surface area contributed by atoms with Crippen LogP contribution in [0.5, 0.6) is 0 Å². The summed E-state index contributed by atoms with van der Waals surface area (Å²) >= 11 is 1.60. The maximum Gasteiger partial charge on any atom is 0.264 e. The van der Waals surface area contributed by atoms with Crippen molar-refractivity contribution in [3.63, 3.8) is 0 Å². The van der Waals surface area contributed by atoms with E-state index < -0.39 is 0 Å². The molecule has 1 saturated heterocycles. The van der Waals surface area contributed by atoms with Gasteiger partial charge in [-0.3, -0.25) is 4.79 Å². The summed E-state index contributed by atoms with van der Waals surface area (Å²) < 4.78 is 0. The first-order valence-corrected chi connectivity index (χ1v) is 7.67. The Kier molecular flexibility index (Phi) is 4.54. The van der Waals surface area contributed by atoms with Crippen molar-refractivity contribution in [2.45, 2.75) is 38.1 Å². The van der Waals surface area contributed by atoms with Crippen LogP contribution in [0.3, 0.4) is 0 Å². The Morgan fingerprint density at radius 1 is 1.53 bits per heavy atom. The fourth-order valence-corrected chi connectivity index (χ4v) is 3.87. The van der Waals surface area contributed by atoms with E-state index in [1.54, 1.807) is 11.3 Å². The first-order valence-electron chi connectivity index (χ1n) is 6.79. The molecule has 1 aromatic rings. The Labute approximate surface area is 124 Å². The monoisotopic (exact) mass is 300 g/mol. The molecule has 106 valence electrons. The van der Waals surface area contributed by atoms with Crippen molar-refractivity contribution in [1.29, 1.82) is 0 Å². The lowest BCUT2D eigenvalue weighted by Gasteiger charge is -2.21. The van der Waals surface area contributed by atoms with Gasteiger partial charge in [0.2, 0.25) is 0 Å². The molecule has 2 atom stereocenters. The molecule has 2 heterocycles. The fourth-order valence-electron chi connectivity index (χ4n) is 2.94. The van der Waals surface area contributed by atoms with E-state index in [2.05, 4.69) is 18.4 Å². The van der Waals surface area contributed by atoms with E-state index >= 15 is 0 Å². The average molecular weight is 301 g/mol. The summed E-state index contributed by atoms with van der Waals surface area (Å²) in [5.41, 5.74) is 7.02. The Balaban J connectivity index is 0.00000133. The first-order chi connectivity index (χ1) is 8.70. The van der Waals surface area contributed by atoms with Gasteiger partial charge in [-0.05, 0) is 61.6 Å². The molecule has 0 bridgehead atoms. The summed E-state index contributed by atoms with van der Waals surface area (Å²) in [7, 11) is 0. The summed E-state index contributed by atoms with van der Waals surface area (Å²) in [5.74, 6) is 1.36. The summed E-state index contributed by atoms with van der Waals surface area (Å²) in [5, 5.41) is 2.06. The molecule has 0 radical (unpaired) electrons. The lowest BCUT2D eigenvalue weighted by atomic mass is 10.1. The highest BCUT2D eigenvalue weighted by atomic mass is 35.5. The molecule has 1 aliphatic heterocycles. The van der Waals surface area contributed by atoms with Crippen molar-refractivity contribution < 1.29 is 4.79 Å². The Morgan fingerprint density at radius 3 is 2.84 bits per heavy atom. The number of likely N-dealkylation sites (tertiary alicyclic amines) is 1. The van der Waals surface area contributed by atoms with Crippen LogP contribution in [-0.4, -0.2) is 29.9 Å². The number of nitrogens with zero attached hydrogens (tertiary/aromatic N) is 1. The van der Waals surface area contributed by atoms with Gasteiger partial charge in [0, 0.05) is 12.6 Å². The minimum absolute atomic E-state index is 0. The molecule has 1 saturated carbocycles. The molecule has 3 nitrogen and oxygen atoms in total. The van der Waals surface area contributed by atoms with Crippen molar-refractivity contribution in [3.8, 4) is 0 Å². The van der Waals surface area contributed by atoms with Gasteiger partial charge in [0.15, 0.2) is 0 Å². The molecule has 1 aromatic heterocycles. The molecule has 2 N–H and O–H groups in total. The maximum atomic E-state index is 12.6. The highest BCUT2D eigenvalue weighted by Crippen LogP contribution is 2.43. The van der Waals surface area contributed by atoms with E-state index in [1.807, 2.05) is 4.90 Å². The average Bonchev–Trinajstić information content (AvgIpc) is 2.97. The van der Waals surface area contributed by atoms with E-state index in [1.165, 1.54) is 18.4 Å². The van der Waals surface area contributed by atoms with Crippen molar-refractivity contribution in [3.05, 3.63) is 21.9 Å². The lowest BCUT2D eigenvalue weighted by Crippen LogP contribution is -2.34.